The van der Waals surface area contributed by atoms with Crippen molar-refractivity contribution in [2.75, 3.05) is 26.2 Å². The van der Waals surface area contributed by atoms with E-state index in [9.17, 15) is 4.79 Å². The first-order valence-electron chi connectivity index (χ1n) is 8.35. The van der Waals surface area contributed by atoms with Gasteiger partial charge in [-0.05, 0) is 44.6 Å². The summed E-state index contributed by atoms with van der Waals surface area (Å²) in [5, 5.41) is 0. The fourth-order valence-corrected chi connectivity index (χ4v) is 3.11. The number of amides is 1. The van der Waals surface area contributed by atoms with E-state index in [1.54, 1.807) is 0 Å². The SMILES string of the molecule is CC(C)CCN(C1CC1)C(CN)CC(=O)N1CCCC1. The second-order valence-corrected chi connectivity index (χ2v) is 6.83. The second-order valence-electron chi connectivity index (χ2n) is 6.83. The number of carbonyl (C=O) groups is 1. The lowest BCUT2D eigenvalue weighted by Gasteiger charge is -2.32. The number of rotatable bonds is 8. The lowest BCUT2D eigenvalue weighted by Crippen LogP contribution is -2.46. The maximum Gasteiger partial charge on any atom is 0.224 e. The molecule has 2 rings (SSSR count). The summed E-state index contributed by atoms with van der Waals surface area (Å²) in [6.07, 6.45) is 6.71. The minimum atomic E-state index is 0.245. The minimum absolute atomic E-state index is 0.245. The molecule has 1 atom stereocenters. The van der Waals surface area contributed by atoms with E-state index in [0.29, 0.717) is 30.8 Å². The van der Waals surface area contributed by atoms with Gasteiger partial charge in [-0.1, -0.05) is 13.8 Å². The third-order valence-electron chi connectivity index (χ3n) is 4.59. The van der Waals surface area contributed by atoms with Gasteiger partial charge in [-0.15, -0.1) is 0 Å². The van der Waals surface area contributed by atoms with Crippen LogP contribution < -0.4 is 5.73 Å². The molecule has 1 saturated carbocycles. The van der Waals surface area contributed by atoms with Crippen LogP contribution in [0.25, 0.3) is 0 Å². The van der Waals surface area contributed by atoms with E-state index in [-0.39, 0.29) is 6.04 Å². The van der Waals surface area contributed by atoms with E-state index < -0.39 is 0 Å². The van der Waals surface area contributed by atoms with Crippen molar-refractivity contribution in [2.45, 2.75) is 64.5 Å². The number of nitrogens with two attached hydrogens (primary N) is 1. The largest absolute Gasteiger partial charge is 0.343 e. The van der Waals surface area contributed by atoms with Crippen LogP contribution in [-0.2, 0) is 4.79 Å². The van der Waals surface area contributed by atoms with Crippen molar-refractivity contribution in [2.24, 2.45) is 11.7 Å². The van der Waals surface area contributed by atoms with Crippen LogP contribution in [0.5, 0.6) is 0 Å². The summed E-state index contributed by atoms with van der Waals surface area (Å²) in [4.78, 5) is 16.9. The highest BCUT2D eigenvalue weighted by Crippen LogP contribution is 2.30. The molecule has 1 aliphatic heterocycles. The minimum Gasteiger partial charge on any atom is -0.343 e. The van der Waals surface area contributed by atoms with Gasteiger partial charge < -0.3 is 10.6 Å². The molecule has 2 fully saturated rings. The average Bonchev–Trinajstić information content (AvgIpc) is 3.10. The van der Waals surface area contributed by atoms with Gasteiger partial charge in [-0.25, -0.2) is 0 Å². The highest BCUT2D eigenvalue weighted by Gasteiger charge is 2.34. The molecular weight excluding hydrogens is 250 g/mol. The summed E-state index contributed by atoms with van der Waals surface area (Å²) < 4.78 is 0. The smallest absolute Gasteiger partial charge is 0.224 e. The maximum absolute atomic E-state index is 12.3. The third kappa shape index (κ3) is 4.45. The molecule has 0 aromatic rings. The summed E-state index contributed by atoms with van der Waals surface area (Å²) in [6, 6.07) is 0.933. The zero-order valence-corrected chi connectivity index (χ0v) is 13.2. The van der Waals surface area contributed by atoms with Crippen LogP contribution in [0.15, 0.2) is 0 Å². The molecule has 0 radical (unpaired) electrons. The Morgan fingerprint density at radius 2 is 1.95 bits per heavy atom. The van der Waals surface area contributed by atoms with E-state index in [2.05, 4.69) is 18.7 Å². The monoisotopic (exact) mass is 281 g/mol. The molecule has 116 valence electrons. The van der Waals surface area contributed by atoms with Gasteiger partial charge in [0.1, 0.15) is 0 Å². The van der Waals surface area contributed by atoms with E-state index in [4.69, 9.17) is 5.73 Å². The first-order valence-corrected chi connectivity index (χ1v) is 8.35. The molecule has 2 aliphatic rings. The summed E-state index contributed by atoms with van der Waals surface area (Å²) in [6.45, 7) is 8.12. The maximum atomic E-state index is 12.3. The van der Waals surface area contributed by atoms with Gasteiger partial charge in [0, 0.05) is 38.1 Å². The Morgan fingerprint density at radius 3 is 2.45 bits per heavy atom. The van der Waals surface area contributed by atoms with Crippen molar-refractivity contribution < 1.29 is 4.79 Å². The summed E-state index contributed by atoms with van der Waals surface area (Å²) in [7, 11) is 0. The fourth-order valence-electron chi connectivity index (χ4n) is 3.11. The molecule has 20 heavy (non-hydrogen) atoms. The Hall–Kier alpha value is -0.610. The third-order valence-corrected chi connectivity index (χ3v) is 4.59. The normalized spacial score (nSPS) is 20.9. The summed E-state index contributed by atoms with van der Waals surface area (Å²) >= 11 is 0. The molecule has 1 saturated heterocycles. The van der Waals surface area contributed by atoms with Crippen LogP contribution in [-0.4, -0.2) is 54.0 Å². The van der Waals surface area contributed by atoms with Crippen LogP contribution in [0, 0.1) is 5.92 Å². The second kappa shape index (κ2) is 7.41. The van der Waals surface area contributed by atoms with Crippen LogP contribution in [0.4, 0.5) is 0 Å². The van der Waals surface area contributed by atoms with Gasteiger partial charge in [-0.3, -0.25) is 9.69 Å². The summed E-state index contributed by atoms with van der Waals surface area (Å²) in [5.74, 6) is 1.03. The van der Waals surface area contributed by atoms with Gasteiger partial charge in [0.2, 0.25) is 5.91 Å². The zero-order valence-electron chi connectivity index (χ0n) is 13.2. The lowest BCUT2D eigenvalue weighted by molar-refractivity contribution is -0.131. The van der Waals surface area contributed by atoms with Crippen LogP contribution in [0.3, 0.4) is 0 Å². The molecular formula is C16H31N3O. The van der Waals surface area contributed by atoms with Gasteiger partial charge >= 0.3 is 0 Å². The first-order chi connectivity index (χ1) is 9.61. The van der Waals surface area contributed by atoms with Gasteiger partial charge in [0.25, 0.3) is 0 Å². The quantitative estimate of drug-likeness (QED) is 0.738. The predicted molar refractivity (Wildman–Crippen MR) is 82.5 cm³/mol. The van der Waals surface area contributed by atoms with Crippen molar-refractivity contribution in [3.63, 3.8) is 0 Å². The zero-order chi connectivity index (χ0) is 14.5. The van der Waals surface area contributed by atoms with E-state index in [0.717, 1.165) is 19.6 Å². The Labute approximate surface area is 123 Å². The van der Waals surface area contributed by atoms with Crippen LogP contribution in [0.1, 0.15) is 52.4 Å². The fraction of sp³-hybridized carbons (Fsp3) is 0.938. The van der Waals surface area contributed by atoms with Gasteiger partial charge in [0.15, 0.2) is 0 Å². The van der Waals surface area contributed by atoms with Crippen LogP contribution in [0.2, 0.25) is 0 Å². The Balaban J connectivity index is 1.87. The highest BCUT2D eigenvalue weighted by molar-refractivity contribution is 5.77. The Bertz CT molecular complexity index is 309. The van der Waals surface area contributed by atoms with Crippen molar-refractivity contribution in [3.05, 3.63) is 0 Å². The molecule has 4 heteroatoms. The number of likely N-dealkylation sites (tertiary alicyclic amines) is 1. The standard InChI is InChI=1S/C16H31N3O/c1-13(2)7-10-19(14-5-6-14)15(12-17)11-16(20)18-8-3-4-9-18/h13-15H,3-12,17H2,1-2H3. The number of nitrogens with zero attached hydrogens (tertiary/aromatic N) is 2. The Morgan fingerprint density at radius 1 is 1.30 bits per heavy atom. The molecule has 0 aromatic carbocycles. The predicted octanol–water partition coefficient (Wildman–Crippen LogP) is 1.84. The number of carbonyl (C=O) groups excluding carboxylic acids is 1. The van der Waals surface area contributed by atoms with Crippen molar-refractivity contribution >= 4 is 5.91 Å². The average molecular weight is 281 g/mol. The molecule has 0 spiro atoms. The summed E-state index contributed by atoms with van der Waals surface area (Å²) in [5.41, 5.74) is 5.98. The van der Waals surface area contributed by atoms with Gasteiger partial charge in [0.05, 0.1) is 0 Å². The van der Waals surface area contributed by atoms with E-state index in [1.807, 2.05) is 4.90 Å². The van der Waals surface area contributed by atoms with E-state index in [1.165, 1.54) is 32.1 Å². The molecule has 0 bridgehead atoms. The first kappa shape index (κ1) is 15.8. The molecule has 4 nitrogen and oxygen atoms in total. The molecule has 2 N–H and O–H groups in total. The Kier molecular flexibility index (Phi) is 5.85. The van der Waals surface area contributed by atoms with Crippen LogP contribution >= 0.6 is 0 Å². The molecule has 1 aliphatic carbocycles. The van der Waals surface area contributed by atoms with Crippen molar-refractivity contribution in [1.82, 2.24) is 9.80 Å². The van der Waals surface area contributed by atoms with E-state index >= 15 is 0 Å². The number of hydrogen-bond donors (Lipinski definition) is 1. The topological polar surface area (TPSA) is 49.6 Å². The van der Waals surface area contributed by atoms with Gasteiger partial charge in [-0.2, -0.15) is 0 Å². The van der Waals surface area contributed by atoms with Crippen molar-refractivity contribution in [3.8, 4) is 0 Å². The lowest BCUT2D eigenvalue weighted by atomic mass is 10.1. The number of hydrogen-bond acceptors (Lipinski definition) is 3. The molecule has 1 unspecified atom stereocenters. The van der Waals surface area contributed by atoms with Crippen molar-refractivity contribution in [1.29, 1.82) is 0 Å². The highest BCUT2D eigenvalue weighted by atomic mass is 16.2. The molecule has 1 heterocycles. The molecule has 0 aromatic heterocycles. The molecule has 1 amide bonds.